The molecule has 0 saturated heterocycles. The van der Waals surface area contributed by atoms with Gasteiger partial charge < -0.3 is 19.5 Å². The van der Waals surface area contributed by atoms with Crippen molar-refractivity contribution in [2.75, 3.05) is 31.2 Å². The van der Waals surface area contributed by atoms with Gasteiger partial charge in [-0.25, -0.2) is 0 Å². The van der Waals surface area contributed by atoms with Gasteiger partial charge in [0.25, 0.3) is 5.91 Å². The molecule has 32 heavy (non-hydrogen) atoms. The standard InChI is InChI=1S/C25H32N2O5/c1-5-20-25(29)27(19-14-17(4)8-10-21(19)32-20)16-24(28)26-13-12-18-9-11-22(30-6-2)23(15-18)31-7-3/h8-11,14-15,20H,5-7,12-13,16H2,1-4H3,(H,26,28)/t20-/m1/s1. The van der Waals surface area contributed by atoms with Crippen molar-refractivity contribution in [3.05, 3.63) is 47.5 Å². The fourth-order valence-electron chi connectivity index (χ4n) is 3.65. The molecule has 2 aromatic carbocycles. The fraction of sp³-hybridized carbons (Fsp3) is 0.440. The highest BCUT2D eigenvalue weighted by atomic mass is 16.5. The van der Waals surface area contributed by atoms with E-state index < -0.39 is 6.10 Å². The lowest BCUT2D eigenvalue weighted by molar-refractivity contribution is -0.129. The number of ether oxygens (including phenoxy) is 3. The van der Waals surface area contributed by atoms with E-state index >= 15 is 0 Å². The molecule has 1 aliphatic heterocycles. The summed E-state index contributed by atoms with van der Waals surface area (Å²) >= 11 is 0. The summed E-state index contributed by atoms with van der Waals surface area (Å²) in [5, 5.41) is 2.92. The summed E-state index contributed by atoms with van der Waals surface area (Å²) < 4.78 is 17.1. The highest BCUT2D eigenvalue weighted by Crippen LogP contribution is 2.35. The van der Waals surface area contributed by atoms with Gasteiger partial charge in [0.15, 0.2) is 17.6 Å². The first kappa shape index (κ1) is 23.4. The molecular weight excluding hydrogens is 408 g/mol. The molecule has 7 heteroatoms. The predicted molar refractivity (Wildman–Crippen MR) is 124 cm³/mol. The maximum Gasteiger partial charge on any atom is 0.268 e. The van der Waals surface area contributed by atoms with E-state index in [1.807, 2.05) is 64.1 Å². The zero-order valence-electron chi connectivity index (χ0n) is 19.3. The van der Waals surface area contributed by atoms with Crippen LogP contribution < -0.4 is 24.4 Å². The quantitative estimate of drug-likeness (QED) is 0.610. The maximum absolute atomic E-state index is 12.8. The molecule has 0 saturated carbocycles. The minimum Gasteiger partial charge on any atom is -0.490 e. The first-order valence-corrected chi connectivity index (χ1v) is 11.2. The van der Waals surface area contributed by atoms with Crippen LogP contribution in [0.25, 0.3) is 0 Å². The molecule has 0 aromatic heterocycles. The Morgan fingerprint density at radius 2 is 1.81 bits per heavy atom. The van der Waals surface area contributed by atoms with Gasteiger partial charge in [0, 0.05) is 6.54 Å². The lowest BCUT2D eigenvalue weighted by Gasteiger charge is -2.33. The van der Waals surface area contributed by atoms with E-state index in [0.29, 0.717) is 55.5 Å². The van der Waals surface area contributed by atoms with Crippen LogP contribution >= 0.6 is 0 Å². The van der Waals surface area contributed by atoms with E-state index in [2.05, 4.69) is 5.32 Å². The lowest BCUT2D eigenvalue weighted by Crippen LogP contribution is -2.49. The number of rotatable bonds is 10. The molecule has 0 bridgehead atoms. The van der Waals surface area contributed by atoms with Crippen molar-refractivity contribution in [1.29, 1.82) is 0 Å². The molecule has 7 nitrogen and oxygen atoms in total. The largest absolute Gasteiger partial charge is 0.490 e. The summed E-state index contributed by atoms with van der Waals surface area (Å²) in [6, 6.07) is 11.5. The summed E-state index contributed by atoms with van der Waals surface area (Å²) in [5.74, 6) is 1.65. The third-order valence-electron chi connectivity index (χ3n) is 5.23. The Balaban J connectivity index is 1.62. The molecule has 1 atom stereocenters. The van der Waals surface area contributed by atoms with Gasteiger partial charge in [0.05, 0.1) is 18.9 Å². The average molecular weight is 441 g/mol. The highest BCUT2D eigenvalue weighted by molar-refractivity contribution is 6.03. The molecule has 1 heterocycles. The van der Waals surface area contributed by atoms with E-state index in [0.717, 1.165) is 11.1 Å². The topological polar surface area (TPSA) is 77.1 Å². The molecule has 0 unspecified atom stereocenters. The van der Waals surface area contributed by atoms with Crippen molar-refractivity contribution in [3.63, 3.8) is 0 Å². The Morgan fingerprint density at radius 3 is 2.53 bits per heavy atom. The van der Waals surface area contributed by atoms with Gasteiger partial charge >= 0.3 is 0 Å². The summed E-state index contributed by atoms with van der Waals surface area (Å²) in [5.41, 5.74) is 2.68. The monoisotopic (exact) mass is 440 g/mol. The molecule has 172 valence electrons. The van der Waals surface area contributed by atoms with Crippen molar-refractivity contribution >= 4 is 17.5 Å². The van der Waals surface area contributed by atoms with Gasteiger partial charge in [-0.1, -0.05) is 19.1 Å². The van der Waals surface area contributed by atoms with Crippen LogP contribution in [0.1, 0.15) is 38.3 Å². The van der Waals surface area contributed by atoms with Crippen LogP contribution in [0.4, 0.5) is 5.69 Å². The second kappa shape index (κ2) is 10.9. The Hall–Kier alpha value is -3.22. The van der Waals surface area contributed by atoms with E-state index in [9.17, 15) is 9.59 Å². The molecule has 0 aliphatic carbocycles. The number of aryl methyl sites for hydroxylation is 1. The summed E-state index contributed by atoms with van der Waals surface area (Å²) in [6.45, 7) is 9.23. The number of anilines is 1. The van der Waals surface area contributed by atoms with E-state index in [-0.39, 0.29) is 18.4 Å². The summed E-state index contributed by atoms with van der Waals surface area (Å²) in [4.78, 5) is 27.0. The number of hydrogen-bond donors (Lipinski definition) is 1. The first-order valence-electron chi connectivity index (χ1n) is 11.2. The molecule has 1 N–H and O–H groups in total. The van der Waals surface area contributed by atoms with Crippen molar-refractivity contribution in [3.8, 4) is 17.2 Å². The van der Waals surface area contributed by atoms with Crippen molar-refractivity contribution < 1.29 is 23.8 Å². The summed E-state index contributed by atoms with van der Waals surface area (Å²) in [7, 11) is 0. The minimum atomic E-state index is -0.571. The van der Waals surface area contributed by atoms with Crippen molar-refractivity contribution in [2.24, 2.45) is 0 Å². The Kier molecular flexibility index (Phi) is 7.98. The lowest BCUT2D eigenvalue weighted by atomic mass is 10.1. The highest BCUT2D eigenvalue weighted by Gasteiger charge is 2.34. The number of fused-ring (bicyclic) bond motifs is 1. The molecular formula is C25H32N2O5. The molecule has 0 spiro atoms. The second-order valence-corrected chi connectivity index (χ2v) is 7.66. The third kappa shape index (κ3) is 5.52. The van der Waals surface area contributed by atoms with Crippen LogP contribution in [0.5, 0.6) is 17.2 Å². The number of benzene rings is 2. The Labute approximate surface area is 189 Å². The molecule has 2 amide bonds. The van der Waals surface area contributed by atoms with Crippen LogP contribution in [0.3, 0.4) is 0 Å². The van der Waals surface area contributed by atoms with Crippen LogP contribution in [-0.4, -0.2) is 44.2 Å². The number of nitrogens with one attached hydrogen (secondary N) is 1. The minimum absolute atomic E-state index is 0.0391. The molecule has 0 radical (unpaired) electrons. The van der Waals surface area contributed by atoms with E-state index in [1.165, 1.54) is 4.90 Å². The molecule has 0 fully saturated rings. The van der Waals surface area contributed by atoms with Gasteiger partial charge in [0.2, 0.25) is 5.91 Å². The van der Waals surface area contributed by atoms with Crippen molar-refractivity contribution in [2.45, 2.75) is 46.6 Å². The van der Waals surface area contributed by atoms with Crippen molar-refractivity contribution in [1.82, 2.24) is 5.32 Å². The van der Waals surface area contributed by atoms with Crippen LogP contribution in [0, 0.1) is 6.92 Å². The van der Waals surface area contributed by atoms with Gasteiger partial charge in [-0.3, -0.25) is 14.5 Å². The van der Waals surface area contributed by atoms with E-state index in [1.54, 1.807) is 0 Å². The van der Waals surface area contributed by atoms with Gasteiger partial charge in [-0.2, -0.15) is 0 Å². The molecule has 2 aromatic rings. The zero-order chi connectivity index (χ0) is 23.1. The molecule has 3 rings (SSSR count). The number of carbonyl (C=O) groups is 2. The van der Waals surface area contributed by atoms with Crippen LogP contribution in [0.2, 0.25) is 0 Å². The average Bonchev–Trinajstić information content (AvgIpc) is 2.77. The van der Waals surface area contributed by atoms with Crippen LogP contribution in [-0.2, 0) is 16.0 Å². The van der Waals surface area contributed by atoms with Crippen LogP contribution in [0.15, 0.2) is 36.4 Å². The number of amides is 2. The Morgan fingerprint density at radius 1 is 1.06 bits per heavy atom. The second-order valence-electron chi connectivity index (χ2n) is 7.66. The molecule has 1 aliphatic rings. The normalized spacial score (nSPS) is 15.1. The SMILES string of the molecule is CCOc1ccc(CCNC(=O)CN2C(=O)[C@@H](CC)Oc3ccc(C)cc32)cc1OCC. The predicted octanol–water partition coefficient (Wildman–Crippen LogP) is 3.66. The zero-order valence-corrected chi connectivity index (χ0v) is 19.3. The smallest absolute Gasteiger partial charge is 0.268 e. The van der Waals surface area contributed by atoms with Gasteiger partial charge in [0.1, 0.15) is 12.3 Å². The number of nitrogens with zero attached hydrogens (tertiary/aromatic N) is 1. The van der Waals surface area contributed by atoms with E-state index in [4.69, 9.17) is 14.2 Å². The Bertz CT molecular complexity index is 959. The first-order chi connectivity index (χ1) is 15.5. The van der Waals surface area contributed by atoms with Gasteiger partial charge in [-0.05, 0) is 69.0 Å². The fourth-order valence-corrected chi connectivity index (χ4v) is 3.65. The number of hydrogen-bond acceptors (Lipinski definition) is 5. The maximum atomic E-state index is 12.8. The third-order valence-corrected chi connectivity index (χ3v) is 5.23. The number of carbonyl (C=O) groups excluding carboxylic acids is 2. The van der Waals surface area contributed by atoms with Gasteiger partial charge in [-0.15, -0.1) is 0 Å². The summed E-state index contributed by atoms with van der Waals surface area (Å²) in [6.07, 6.45) is 0.617.